The summed E-state index contributed by atoms with van der Waals surface area (Å²) in [7, 11) is 1.60. The fourth-order valence-corrected chi connectivity index (χ4v) is 5.36. The van der Waals surface area contributed by atoms with Crippen LogP contribution >= 0.6 is 15.9 Å². The largest absolute Gasteiger partial charge is 0.495 e. The zero-order chi connectivity index (χ0) is 23.5. The number of fused-ring (bicyclic) bond motifs is 3. The predicted octanol–water partition coefficient (Wildman–Crippen LogP) is 4.66. The molecule has 1 amide bonds. The lowest BCUT2D eigenvalue weighted by Crippen LogP contribution is -2.48. The van der Waals surface area contributed by atoms with Crippen molar-refractivity contribution in [3.63, 3.8) is 0 Å². The number of rotatable bonds is 5. The lowest BCUT2D eigenvalue weighted by molar-refractivity contribution is -0.109. The molecular formula is C26H27BrN2O4. The van der Waals surface area contributed by atoms with Crippen LogP contribution in [-0.2, 0) is 16.0 Å². The van der Waals surface area contributed by atoms with Crippen molar-refractivity contribution in [1.29, 1.82) is 0 Å². The van der Waals surface area contributed by atoms with Crippen LogP contribution in [0.25, 0.3) is 0 Å². The fraction of sp³-hybridized carbons (Fsp3) is 0.308. The van der Waals surface area contributed by atoms with Crippen molar-refractivity contribution >= 4 is 22.3 Å². The number of aromatic nitrogens is 1. The molecule has 33 heavy (non-hydrogen) atoms. The molecular weight excluding hydrogens is 484 g/mol. The number of ether oxygens (including phenoxy) is 2. The molecule has 172 valence electrons. The van der Waals surface area contributed by atoms with Crippen molar-refractivity contribution in [1.82, 2.24) is 10.3 Å². The summed E-state index contributed by atoms with van der Waals surface area (Å²) in [6, 6.07) is 18.3. The van der Waals surface area contributed by atoms with Gasteiger partial charge >= 0.3 is 0 Å². The van der Waals surface area contributed by atoms with E-state index in [1.165, 1.54) is 0 Å². The number of carbonyl (C=O) groups excluding carboxylic acids is 1. The first-order valence-electron chi connectivity index (χ1n) is 10.9. The Hall–Kier alpha value is -2.90. The summed E-state index contributed by atoms with van der Waals surface area (Å²) >= 11 is 3.52. The first-order chi connectivity index (χ1) is 16.0. The van der Waals surface area contributed by atoms with Crippen LogP contribution in [-0.4, -0.2) is 30.2 Å². The van der Waals surface area contributed by atoms with Crippen LogP contribution in [0.3, 0.4) is 0 Å². The summed E-state index contributed by atoms with van der Waals surface area (Å²) in [4.78, 5) is 13.5. The molecule has 2 N–H and O–H groups in total. The molecule has 0 saturated heterocycles. The first kappa shape index (κ1) is 23.3. The highest BCUT2D eigenvalue weighted by Crippen LogP contribution is 2.67. The molecule has 6 nitrogen and oxygen atoms in total. The summed E-state index contributed by atoms with van der Waals surface area (Å²) < 4.78 is 13.2. The quantitative estimate of drug-likeness (QED) is 0.488. The molecule has 1 aromatic heterocycles. The SMILES string of the molecule is CCNC=O.COc1cncc2c1[C@]1(O)CC[C@@H](c3ccccc3)[C@]1(c1ccc(Br)cc1)O2. The molecule has 2 heterocycles. The van der Waals surface area contributed by atoms with E-state index in [1.807, 2.05) is 49.4 Å². The predicted molar refractivity (Wildman–Crippen MR) is 129 cm³/mol. The van der Waals surface area contributed by atoms with Gasteiger partial charge in [-0.05, 0) is 43.0 Å². The van der Waals surface area contributed by atoms with Crippen molar-refractivity contribution in [2.24, 2.45) is 0 Å². The van der Waals surface area contributed by atoms with E-state index in [2.05, 4.69) is 38.4 Å². The zero-order valence-corrected chi connectivity index (χ0v) is 20.2. The van der Waals surface area contributed by atoms with Gasteiger partial charge < -0.3 is 19.9 Å². The summed E-state index contributed by atoms with van der Waals surface area (Å²) in [6.07, 6.45) is 5.39. The molecule has 5 rings (SSSR count). The maximum absolute atomic E-state index is 12.2. The molecule has 1 aliphatic heterocycles. The fourth-order valence-electron chi connectivity index (χ4n) is 5.10. The zero-order valence-electron chi connectivity index (χ0n) is 18.6. The van der Waals surface area contributed by atoms with Gasteiger partial charge in [0.2, 0.25) is 6.41 Å². The van der Waals surface area contributed by atoms with E-state index in [0.717, 1.165) is 28.6 Å². The van der Waals surface area contributed by atoms with Crippen molar-refractivity contribution in [3.05, 3.63) is 88.2 Å². The van der Waals surface area contributed by atoms with Crippen LogP contribution < -0.4 is 14.8 Å². The topological polar surface area (TPSA) is 80.7 Å². The van der Waals surface area contributed by atoms with Gasteiger partial charge in [-0.2, -0.15) is 0 Å². The second-order valence-electron chi connectivity index (χ2n) is 8.10. The van der Waals surface area contributed by atoms with E-state index in [-0.39, 0.29) is 5.92 Å². The van der Waals surface area contributed by atoms with E-state index in [9.17, 15) is 9.90 Å². The van der Waals surface area contributed by atoms with Crippen molar-refractivity contribution in [3.8, 4) is 11.5 Å². The Morgan fingerprint density at radius 3 is 2.55 bits per heavy atom. The summed E-state index contributed by atoms with van der Waals surface area (Å²) in [5.41, 5.74) is 0.661. The van der Waals surface area contributed by atoms with Crippen LogP contribution in [0.1, 0.15) is 42.4 Å². The van der Waals surface area contributed by atoms with Gasteiger partial charge in [0.05, 0.1) is 25.1 Å². The number of carbonyl (C=O) groups is 1. The Labute approximate surface area is 202 Å². The van der Waals surface area contributed by atoms with Gasteiger partial charge in [0.1, 0.15) is 17.1 Å². The summed E-state index contributed by atoms with van der Waals surface area (Å²) in [5, 5.41) is 14.6. The molecule has 1 aliphatic carbocycles. The number of methoxy groups -OCH3 is 1. The Kier molecular flexibility index (Phi) is 6.72. The molecule has 0 radical (unpaired) electrons. The normalized spacial score (nSPS) is 24.5. The number of hydrogen-bond donors (Lipinski definition) is 2. The van der Waals surface area contributed by atoms with Crippen LogP contribution in [0.4, 0.5) is 0 Å². The van der Waals surface area contributed by atoms with Crippen molar-refractivity contribution in [2.45, 2.75) is 36.9 Å². The van der Waals surface area contributed by atoms with Gasteiger partial charge in [0, 0.05) is 16.9 Å². The number of pyridine rings is 1. The van der Waals surface area contributed by atoms with Crippen molar-refractivity contribution < 1.29 is 19.4 Å². The highest BCUT2D eigenvalue weighted by atomic mass is 79.9. The number of amides is 1. The van der Waals surface area contributed by atoms with Gasteiger partial charge in [0.25, 0.3) is 0 Å². The Morgan fingerprint density at radius 1 is 1.21 bits per heavy atom. The van der Waals surface area contributed by atoms with Gasteiger partial charge in [-0.25, -0.2) is 0 Å². The molecule has 7 heteroatoms. The number of nitrogens with zero attached hydrogens (tertiary/aromatic N) is 1. The lowest BCUT2D eigenvalue weighted by atomic mass is 9.72. The lowest BCUT2D eigenvalue weighted by Gasteiger charge is -2.40. The van der Waals surface area contributed by atoms with E-state index >= 15 is 0 Å². The smallest absolute Gasteiger partial charge is 0.207 e. The molecule has 2 aromatic carbocycles. The second kappa shape index (κ2) is 9.53. The molecule has 0 unspecified atom stereocenters. The molecule has 2 aliphatic rings. The van der Waals surface area contributed by atoms with Crippen LogP contribution in [0.5, 0.6) is 11.5 Å². The van der Waals surface area contributed by atoms with Crippen LogP contribution in [0.2, 0.25) is 0 Å². The van der Waals surface area contributed by atoms with Gasteiger partial charge in [0.15, 0.2) is 5.60 Å². The van der Waals surface area contributed by atoms with E-state index < -0.39 is 11.2 Å². The van der Waals surface area contributed by atoms with Crippen LogP contribution in [0.15, 0.2) is 71.5 Å². The minimum absolute atomic E-state index is 0.00279. The Bertz CT molecular complexity index is 1110. The summed E-state index contributed by atoms with van der Waals surface area (Å²) in [5.74, 6) is 1.15. The number of halogens is 1. The maximum atomic E-state index is 12.2. The van der Waals surface area contributed by atoms with Gasteiger partial charge in [-0.15, -0.1) is 0 Å². The average Bonchev–Trinajstić information content (AvgIpc) is 3.28. The number of nitrogens with one attached hydrogen (secondary N) is 1. The monoisotopic (exact) mass is 510 g/mol. The third-order valence-corrected chi connectivity index (χ3v) is 6.97. The minimum atomic E-state index is -1.20. The van der Waals surface area contributed by atoms with Gasteiger partial charge in [-0.1, -0.05) is 58.4 Å². The Balaban J connectivity index is 0.000000471. The number of hydrogen-bond acceptors (Lipinski definition) is 5. The first-order valence-corrected chi connectivity index (χ1v) is 11.7. The van der Waals surface area contributed by atoms with Crippen LogP contribution in [0, 0.1) is 0 Å². The van der Waals surface area contributed by atoms with Gasteiger partial charge in [-0.3, -0.25) is 9.78 Å². The number of benzene rings is 2. The van der Waals surface area contributed by atoms with E-state index in [0.29, 0.717) is 29.9 Å². The highest BCUT2D eigenvalue weighted by molar-refractivity contribution is 9.10. The third kappa shape index (κ3) is 3.79. The van der Waals surface area contributed by atoms with E-state index in [1.54, 1.807) is 19.5 Å². The molecule has 1 fully saturated rings. The molecule has 1 saturated carbocycles. The standard InChI is InChI=1S/C23H20BrNO3.C3H7NO/c1-27-19-13-25-14-20-21(19)22(26)12-11-18(15-5-3-2-4-6-15)23(22,28-20)16-7-9-17(24)10-8-16;1-2-4-3-5/h2-10,13-14,18,26H,11-12H2,1H3;3H,2H2,1H3,(H,4,5)/t18-,22+,23-;/m0./s1. The molecule has 0 bridgehead atoms. The molecule has 0 spiro atoms. The number of aliphatic hydroxyl groups is 1. The molecule has 3 atom stereocenters. The van der Waals surface area contributed by atoms with Crippen molar-refractivity contribution in [2.75, 3.05) is 13.7 Å². The van der Waals surface area contributed by atoms with E-state index in [4.69, 9.17) is 9.47 Å². The highest BCUT2D eigenvalue weighted by Gasteiger charge is 2.69. The molecule has 3 aromatic rings. The minimum Gasteiger partial charge on any atom is -0.495 e. The Morgan fingerprint density at radius 2 is 1.94 bits per heavy atom. The average molecular weight is 511 g/mol. The second-order valence-corrected chi connectivity index (χ2v) is 9.01. The summed E-state index contributed by atoms with van der Waals surface area (Å²) in [6.45, 7) is 2.60. The third-order valence-electron chi connectivity index (χ3n) is 6.44. The maximum Gasteiger partial charge on any atom is 0.207 e.